The molecule has 0 bridgehead atoms. The maximum absolute atomic E-state index is 13.2. The molecule has 1 unspecified atom stereocenters. The molecule has 1 atom stereocenters. The van der Waals surface area contributed by atoms with Crippen molar-refractivity contribution in [3.63, 3.8) is 0 Å². The number of carbonyl (C=O) groups is 1. The van der Waals surface area contributed by atoms with Gasteiger partial charge in [-0.05, 0) is 35.4 Å². The summed E-state index contributed by atoms with van der Waals surface area (Å²) in [6.45, 7) is 5.69. The molecule has 0 saturated heterocycles. The number of hydrogen-bond donors (Lipinski definition) is 0. The number of amides is 1. The molecular weight excluding hydrogens is 358 g/mol. The van der Waals surface area contributed by atoms with Crippen LogP contribution in [0.4, 0.5) is 0 Å². The Bertz CT molecular complexity index is 812. The van der Waals surface area contributed by atoms with Crippen molar-refractivity contribution in [1.29, 1.82) is 0 Å². The zero-order valence-electron chi connectivity index (χ0n) is 15.5. The molecule has 27 heavy (non-hydrogen) atoms. The second-order valence-corrected chi connectivity index (χ2v) is 7.51. The van der Waals surface area contributed by atoms with Gasteiger partial charge in [0.05, 0.1) is 5.25 Å². The van der Waals surface area contributed by atoms with Gasteiger partial charge < -0.3 is 4.90 Å². The van der Waals surface area contributed by atoms with E-state index in [1.807, 2.05) is 79.4 Å². The van der Waals surface area contributed by atoms with Crippen molar-refractivity contribution in [3.05, 3.63) is 71.8 Å². The van der Waals surface area contributed by atoms with Gasteiger partial charge in [-0.1, -0.05) is 72.4 Å². The van der Waals surface area contributed by atoms with E-state index < -0.39 is 0 Å². The minimum absolute atomic E-state index is 0.0679. The molecule has 0 spiro atoms. The van der Waals surface area contributed by atoms with Gasteiger partial charge >= 0.3 is 0 Å². The summed E-state index contributed by atoms with van der Waals surface area (Å²) in [5.41, 5.74) is 2.22. The molecule has 0 aliphatic heterocycles. The lowest BCUT2D eigenvalue weighted by Gasteiger charge is -2.26. The van der Waals surface area contributed by atoms with Crippen molar-refractivity contribution < 1.29 is 4.79 Å². The van der Waals surface area contributed by atoms with E-state index in [0.717, 1.165) is 11.1 Å². The Morgan fingerprint density at radius 2 is 1.59 bits per heavy atom. The van der Waals surface area contributed by atoms with Crippen LogP contribution in [-0.2, 0) is 24.4 Å². The Morgan fingerprint density at radius 3 is 2.11 bits per heavy atom. The van der Waals surface area contributed by atoms with Gasteiger partial charge in [-0.25, -0.2) is 4.68 Å². The maximum atomic E-state index is 13.2. The van der Waals surface area contributed by atoms with E-state index in [4.69, 9.17) is 0 Å². The molecule has 2 aromatic carbocycles. The quantitative estimate of drug-likeness (QED) is 0.560. The van der Waals surface area contributed by atoms with Crippen LogP contribution in [0.3, 0.4) is 0 Å². The Kier molecular flexibility index (Phi) is 6.59. The van der Waals surface area contributed by atoms with E-state index in [1.54, 1.807) is 4.68 Å². The van der Waals surface area contributed by atoms with Crippen LogP contribution in [0.5, 0.6) is 0 Å². The molecule has 140 valence electrons. The maximum Gasteiger partial charge on any atom is 0.236 e. The topological polar surface area (TPSA) is 63.9 Å². The van der Waals surface area contributed by atoms with Gasteiger partial charge in [-0.15, -0.1) is 5.10 Å². The number of hydrogen-bond acceptors (Lipinski definition) is 5. The van der Waals surface area contributed by atoms with Gasteiger partial charge in [0.1, 0.15) is 0 Å². The second kappa shape index (κ2) is 9.32. The van der Waals surface area contributed by atoms with E-state index in [9.17, 15) is 4.79 Å². The predicted molar refractivity (Wildman–Crippen MR) is 106 cm³/mol. The summed E-state index contributed by atoms with van der Waals surface area (Å²) in [5.74, 6) is 0.0679. The van der Waals surface area contributed by atoms with Crippen LogP contribution in [0, 0.1) is 0 Å². The molecule has 3 rings (SSSR count). The Hall–Kier alpha value is -2.67. The third-order valence-electron chi connectivity index (χ3n) is 4.17. The molecule has 1 amide bonds. The van der Waals surface area contributed by atoms with Gasteiger partial charge in [0.2, 0.25) is 11.1 Å². The zero-order chi connectivity index (χ0) is 19.1. The van der Waals surface area contributed by atoms with Gasteiger partial charge in [-0.2, -0.15) is 0 Å². The Balaban J connectivity index is 1.76. The summed E-state index contributed by atoms with van der Waals surface area (Å²) in [5, 5.41) is 12.1. The molecule has 1 heterocycles. The molecule has 0 saturated carbocycles. The molecule has 0 aliphatic rings. The summed E-state index contributed by atoms with van der Waals surface area (Å²) in [6, 6.07) is 20.1. The van der Waals surface area contributed by atoms with Crippen LogP contribution >= 0.6 is 11.8 Å². The first-order valence-corrected chi connectivity index (χ1v) is 9.84. The SMILES string of the molecule is CCn1nnnc1SC(C)C(=O)N(Cc1ccccc1)Cc1ccccc1. The summed E-state index contributed by atoms with van der Waals surface area (Å²) in [7, 11) is 0. The number of thioether (sulfide) groups is 1. The monoisotopic (exact) mass is 381 g/mol. The van der Waals surface area contributed by atoms with Crippen molar-refractivity contribution in [3.8, 4) is 0 Å². The number of benzene rings is 2. The molecule has 0 fully saturated rings. The molecule has 7 heteroatoms. The van der Waals surface area contributed by atoms with Crippen molar-refractivity contribution in [2.45, 2.75) is 43.9 Å². The van der Waals surface area contributed by atoms with Crippen LogP contribution in [0.15, 0.2) is 65.8 Å². The van der Waals surface area contributed by atoms with E-state index in [0.29, 0.717) is 24.8 Å². The molecule has 0 aliphatic carbocycles. The second-order valence-electron chi connectivity index (χ2n) is 6.20. The average molecular weight is 382 g/mol. The first kappa shape index (κ1) is 19.1. The number of nitrogens with zero attached hydrogens (tertiary/aromatic N) is 5. The highest BCUT2D eigenvalue weighted by molar-refractivity contribution is 8.00. The number of carbonyl (C=O) groups excluding carboxylic acids is 1. The smallest absolute Gasteiger partial charge is 0.236 e. The summed E-state index contributed by atoms with van der Waals surface area (Å²) < 4.78 is 1.70. The minimum atomic E-state index is -0.284. The highest BCUT2D eigenvalue weighted by atomic mass is 32.2. The van der Waals surface area contributed by atoms with Crippen molar-refractivity contribution >= 4 is 17.7 Å². The van der Waals surface area contributed by atoms with E-state index in [2.05, 4.69) is 15.5 Å². The highest BCUT2D eigenvalue weighted by Crippen LogP contribution is 2.23. The lowest BCUT2D eigenvalue weighted by atomic mass is 10.1. The van der Waals surface area contributed by atoms with E-state index >= 15 is 0 Å². The average Bonchev–Trinajstić information content (AvgIpc) is 3.15. The number of aromatic nitrogens is 4. The lowest BCUT2D eigenvalue weighted by molar-refractivity contribution is -0.131. The van der Waals surface area contributed by atoms with Crippen LogP contribution in [0.25, 0.3) is 0 Å². The molecule has 3 aromatic rings. The standard InChI is InChI=1S/C20H23N5OS/c1-3-25-20(21-22-23-25)27-16(2)19(26)24(14-17-10-6-4-7-11-17)15-18-12-8-5-9-13-18/h4-13,16H,3,14-15H2,1-2H3. The fraction of sp³-hybridized carbons (Fsp3) is 0.300. The van der Waals surface area contributed by atoms with Crippen molar-refractivity contribution in [2.75, 3.05) is 0 Å². The third kappa shape index (κ3) is 5.17. The van der Waals surface area contributed by atoms with Gasteiger partial charge in [0.15, 0.2) is 0 Å². The molecule has 6 nitrogen and oxygen atoms in total. The largest absolute Gasteiger partial charge is 0.333 e. The zero-order valence-corrected chi connectivity index (χ0v) is 16.3. The minimum Gasteiger partial charge on any atom is -0.333 e. The Labute approximate surface area is 163 Å². The number of rotatable bonds is 8. The predicted octanol–water partition coefficient (Wildman–Crippen LogP) is 3.40. The van der Waals surface area contributed by atoms with Gasteiger partial charge in [0, 0.05) is 19.6 Å². The fourth-order valence-electron chi connectivity index (χ4n) is 2.76. The van der Waals surface area contributed by atoms with Crippen LogP contribution < -0.4 is 0 Å². The molecule has 0 radical (unpaired) electrons. The molecule has 1 aromatic heterocycles. The summed E-state index contributed by atoms with van der Waals surface area (Å²) in [6.07, 6.45) is 0. The summed E-state index contributed by atoms with van der Waals surface area (Å²) >= 11 is 1.39. The van der Waals surface area contributed by atoms with E-state index in [-0.39, 0.29) is 11.2 Å². The van der Waals surface area contributed by atoms with Crippen LogP contribution in [0.2, 0.25) is 0 Å². The number of tetrazole rings is 1. The first-order valence-electron chi connectivity index (χ1n) is 8.97. The van der Waals surface area contributed by atoms with Gasteiger partial charge in [-0.3, -0.25) is 4.79 Å². The first-order chi connectivity index (χ1) is 13.2. The Morgan fingerprint density at radius 1 is 1.04 bits per heavy atom. The third-order valence-corrected chi connectivity index (χ3v) is 5.23. The highest BCUT2D eigenvalue weighted by Gasteiger charge is 2.24. The van der Waals surface area contributed by atoms with Gasteiger partial charge in [0.25, 0.3) is 0 Å². The van der Waals surface area contributed by atoms with E-state index in [1.165, 1.54) is 11.8 Å². The lowest BCUT2D eigenvalue weighted by Crippen LogP contribution is -2.35. The summed E-state index contributed by atoms with van der Waals surface area (Å²) in [4.78, 5) is 15.1. The van der Waals surface area contributed by atoms with Crippen molar-refractivity contribution in [1.82, 2.24) is 25.1 Å². The molecular formula is C20H23N5OS. The number of aryl methyl sites for hydroxylation is 1. The van der Waals surface area contributed by atoms with Crippen LogP contribution in [0.1, 0.15) is 25.0 Å². The normalized spacial score (nSPS) is 11.9. The van der Waals surface area contributed by atoms with Crippen molar-refractivity contribution in [2.24, 2.45) is 0 Å². The van der Waals surface area contributed by atoms with Crippen LogP contribution in [-0.4, -0.2) is 36.3 Å². The fourth-order valence-corrected chi connectivity index (χ4v) is 3.70. The molecule has 0 N–H and O–H groups in total.